The molecule has 1 atom stereocenters. The van der Waals surface area contributed by atoms with Gasteiger partial charge in [-0.1, -0.05) is 17.7 Å². The molecule has 1 aromatic carbocycles. The van der Waals surface area contributed by atoms with Crippen molar-refractivity contribution in [2.24, 2.45) is 5.73 Å². The third-order valence-electron chi connectivity index (χ3n) is 2.57. The van der Waals surface area contributed by atoms with Crippen molar-refractivity contribution in [2.75, 3.05) is 13.7 Å². The average molecular weight is 325 g/mol. The van der Waals surface area contributed by atoms with Crippen LogP contribution in [0.4, 0.5) is 8.78 Å². The van der Waals surface area contributed by atoms with E-state index in [1.807, 2.05) is 6.92 Å². The molecule has 21 heavy (non-hydrogen) atoms. The minimum absolute atomic E-state index is 0. The van der Waals surface area contributed by atoms with Crippen molar-refractivity contribution in [2.45, 2.75) is 26.1 Å². The molecule has 120 valence electrons. The number of aryl methyl sites for hydroxylation is 1. The van der Waals surface area contributed by atoms with Crippen LogP contribution in [0.25, 0.3) is 0 Å². The first-order valence-corrected chi connectivity index (χ1v) is 6.00. The molecule has 0 saturated heterocycles. The number of carbonyl (C=O) groups is 1. The molecule has 1 unspecified atom stereocenters. The Labute approximate surface area is 128 Å². The number of methoxy groups -OCH3 is 1. The summed E-state index contributed by atoms with van der Waals surface area (Å²) < 4.78 is 33.7. The predicted molar refractivity (Wildman–Crippen MR) is 76.8 cm³/mol. The fraction of sp³-hybridized carbons (Fsp3) is 0.462. The van der Waals surface area contributed by atoms with E-state index in [1.54, 1.807) is 12.1 Å². The Morgan fingerprint density at radius 3 is 2.67 bits per heavy atom. The lowest BCUT2D eigenvalue weighted by Gasteiger charge is -2.14. The van der Waals surface area contributed by atoms with Crippen LogP contribution in [0.15, 0.2) is 18.2 Å². The Balaban J connectivity index is 0.00000400. The van der Waals surface area contributed by atoms with Gasteiger partial charge in [-0.25, -0.2) is 0 Å². The summed E-state index contributed by atoms with van der Waals surface area (Å²) in [5.41, 5.74) is 6.89. The lowest BCUT2D eigenvalue weighted by molar-refractivity contribution is -0.123. The molecule has 1 aromatic rings. The van der Waals surface area contributed by atoms with Gasteiger partial charge < -0.3 is 20.5 Å². The van der Waals surface area contributed by atoms with Gasteiger partial charge in [-0.05, 0) is 13.0 Å². The molecule has 0 heterocycles. The maximum atomic E-state index is 12.3. The molecular weight excluding hydrogens is 306 g/mol. The van der Waals surface area contributed by atoms with Gasteiger partial charge in [0.2, 0.25) is 5.91 Å². The van der Waals surface area contributed by atoms with E-state index >= 15 is 0 Å². The molecule has 5 nitrogen and oxygen atoms in total. The number of halogens is 3. The van der Waals surface area contributed by atoms with Crippen LogP contribution in [0.5, 0.6) is 5.75 Å². The maximum absolute atomic E-state index is 12.3. The molecule has 0 aliphatic rings. The van der Waals surface area contributed by atoms with E-state index in [1.165, 1.54) is 13.2 Å². The minimum atomic E-state index is -2.91. The van der Waals surface area contributed by atoms with Gasteiger partial charge in [-0.15, -0.1) is 12.4 Å². The van der Waals surface area contributed by atoms with Crippen molar-refractivity contribution in [3.63, 3.8) is 0 Å². The summed E-state index contributed by atoms with van der Waals surface area (Å²) in [5, 5.41) is 2.56. The molecule has 0 aliphatic heterocycles. The van der Waals surface area contributed by atoms with Crippen LogP contribution < -0.4 is 15.8 Å². The van der Waals surface area contributed by atoms with Gasteiger partial charge >= 0.3 is 6.61 Å². The van der Waals surface area contributed by atoms with Gasteiger partial charge in [-0.2, -0.15) is 8.78 Å². The van der Waals surface area contributed by atoms with Crippen molar-refractivity contribution >= 4 is 18.3 Å². The average Bonchev–Trinajstić information content (AvgIpc) is 2.38. The predicted octanol–water partition coefficient (Wildman–Crippen LogP) is 1.61. The second kappa shape index (κ2) is 9.49. The van der Waals surface area contributed by atoms with E-state index < -0.39 is 18.6 Å². The molecule has 0 aliphatic carbocycles. The first kappa shape index (κ1) is 19.6. The number of alkyl halides is 2. The van der Waals surface area contributed by atoms with E-state index in [4.69, 9.17) is 10.5 Å². The Kier molecular flexibility index (Phi) is 8.84. The van der Waals surface area contributed by atoms with Gasteiger partial charge in [0.1, 0.15) is 11.8 Å². The van der Waals surface area contributed by atoms with Gasteiger partial charge in [0.05, 0.1) is 6.61 Å². The van der Waals surface area contributed by atoms with Crippen LogP contribution in [0.3, 0.4) is 0 Å². The van der Waals surface area contributed by atoms with Crippen LogP contribution in [-0.2, 0) is 16.1 Å². The molecule has 1 rings (SSSR count). The number of nitrogens with one attached hydrogen (secondary N) is 1. The number of nitrogens with two attached hydrogens (primary N) is 1. The van der Waals surface area contributed by atoms with Crippen molar-refractivity contribution in [1.82, 2.24) is 5.32 Å². The first-order valence-electron chi connectivity index (χ1n) is 6.00. The molecule has 0 fully saturated rings. The zero-order chi connectivity index (χ0) is 15.1. The zero-order valence-corrected chi connectivity index (χ0v) is 12.6. The van der Waals surface area contributed by atoms with Crippen LogP contribution >= 0.6 is 12.4 Å². The fourth-order valence-corrected chi connectivity index (χ4v) is 1.63. The standard InChI is InChI=1S/C13H18F2N2O3.ClH/c1-8-3-4-11(20-13(14)15)9(5-8)6-17-12(18)10(16)7-19-2;/h3-5,10,13H,6-7,16H2,1-2H3,(H,17,18);1H. The van der Waals surface area contributed by atoms with E-state index in [0.717, 1.165) is 5.56 Å². The maximum Gasteiger partial charge on any atom is 0.387 e. The molecule has 0 radical (unpaired) electrons. The lowest BCUT2D eigenvalue weighted by Crippen LogP contribution is -2.43. The summed E-state index contributed by atoms with van der Waals surface area (Å²) in [6.07, 6.45) is 0. The number of hydrogen-bond donors (Lipinski definition) is 2. The minimum Gasteiger partial charge on any atom is -0.434 e. The first-order chi connectivity index (χ1) is 9.43. The highest BCUT2D eigenvalue weighted by atomic mass is 35.5. The normalized spacial score (nSPS) is 11.7. The monoisotopic (exact) mass is 324 g/mol. The van der Waals surface area contributed by atoms with Crippen molar-refractivity contribution in [1.29, 1.82) is 0 Å². The molecule has 1 amide bonds. The number of hydrogen-bond acceptors (Lipinski definition) is 4. The molecule has 0 aromatic heterocycles. The SMILES string of the molecule is COCC(N)C(=O)NCc1cc(C)ccc1OC(F)F.Cl. The van der Waals surface area contributed by atoms with Crippen molar-refractivity contribution < 1.29 is 23.0 Å². The number of amides is 1. The van der Waals surface area contributed by atoms with E-state index in [2.05, 4.69) is 10.1 Å². The summed E-state index contributed by atoms with van der Waals surface area (Å²) in [7, 11) is 1.43. The Hall–Kier alpha value is -1.44. The van der Waals surface area contributed by atoms with Crippen LogP contribution in [-0.4, -0.2) is 32.3 Å². The van der Waals surface area contributed by atoms with E-state index in [-0.39, 0.29) is 31.3 Å². The highest BCUT2D eigenvalue weighted by Gasteiger charge is 2.15. The van der Waals surface area contributed by atoms with E-state index in [0.29, 0.717) is 5.56 Å². The zero-order valence-electron chi connectivity index (χ0n) is 11.8. The summed E-state index contributed by atoms with van der Waals surface area (Å²) in [6.45, 7) is -0.961. The van der Waals surface area contributed by atoms with Crippen molar-refractivity contribution in [3.05, 3.63) is 29.3 Å². The molecular formula is C13H19ClF2N2O3. The third-order valence-corrected chi connectivity index (χ3v) is 2.57. The topological polar surface area (TPSA) is 73.6 Å². The molecule has 0 spiro atoms. The highest BCUT2D eigenvalue weighted by molar-refractivity contribution is 5.85. The second-order valence-electron chi connectivity index (χ2n) is 4.27. The molecule has 0 saturated carbocycles. The summed E-state index contributed by atoms with van der Waals surface area (Å²) in [4.78, 5) is 11.6. The van der Waals surface area contributed by atoms with E-state index in [9.17, 15) is 13.6 Å². The van der Waals surface area contributed by atoms with Crippen LogP contribution in [0, 0.1) is 6.92 Å². The number of rotatable bonds is 7. The van der Waals surface area contributed by atoms with Gasteiger partial charge in [-0.3, -0.25) is 4.79 Å². The van der Waals surface area contributed by atoms with Gasteiger partial charge in [0, 0.05) is 19.2 Å². The second-order valence-corrected chi connectivity index (χ2v) is 4.27. The Morgan fingerprint density at radius 1 is 1.43 bits per heavy atom. The summed E-state index contributed by atoms with van der Waals surface area (Å²) >= 11 is 0. The molecule has 3 N–H and O–H groups in total. The lowest BCUT2D eigenvalue weighted by atomic mass is 10.1. The summed E-state index contributed by atoms with van der Waals surface area (Å²) in [5.74, 6) is -0.387. The Morgan fingerprint density at radius 2 is 2.10 bits per heavy atom. The third kappa shape index (κ3) is 6.70. The van der Waals surface area contributed by atoms with Gasteiger partial charge in [0.25, 0.3) is 0 Å². The van der Waals surface area contributed by atoms with Gasteiger partial charge in [0.15, 0.2) is 0 Å². The number of ether oxygens (including phenoxy) is 2. The summed E-state index contributed by atoms with van der Waals surface area (Å²) in [6, 6.07) is 3.96. The smallest absolute Gasteiger partial charge is 0.387 e. The van der Waals surface area contributed by atoms with Crippen molar-refractivity contribution in [3.8, 4) is 5.75 Å². The molecule has 8 heteroatoms. The largest absolute Gasteiger partial charge is 0.434 e. The molecule has 0 bridgehead atoms. The Bertz CT molecular complexity index is 461. The quantitative estimate of drug-likeness (QED) is 0.799. The van der Waals surface area contributed by atoms with Crippen LogP contribution in [0.2, 0.25) is 0 Å². The fourth-order valence-electron chi connectivity index (χ4n) is 1.63. The number of benzene rings is 1. The van der Waals surface area contributed by atoms with Crippen LogP contribution in [0.1, 0.15) is 11.1 Å². The number of carbonyl (C=O) groups excluding carboxylic acids is 1. The highest BCUT2D eigenvalue weighted by Crippen LogP contribution is 2.21.